The van der Waals surface area contributed by atoms with Crippen molar-refractivity contribution in [2.75, 3.05) is 13.6 Å². The number of nitrogens with one attached hydrogen (secondary N) is 2. The van der Waals surface area contributed by atoms with Crippen LogP contribution in [0.15, 0.2) is 102 Å². The van der Waals surface area contributed by atoms with Crippen molar-refractivity contribution in [3.8, 4) is 5.69 Å². The molecule has 4 rings (SSSR count). The van der Waals surface area contributed by atoms with Gasteiger partial charge in [-0.2, -0.15) is 0 Å². The lowest BCUT2D eigenvalue weighted by atomic mass is 9.92. The molecular formula is C26H28N6. The third-order valence-electron chi connectivity index (χ3n) is 5.40. The molecule has 0 amide bonds. The molecule has 4 aromatic rings. The van der Waals surface area contributed by atoms with Crippen molar-refractivity contribution in [2.45, 2.75) is 18.9 Å². The van der Waals surface area contributed by atoms with E-state index in [1.165, 1.54) is 11.1 Å². The molecular weight excluding hydrogens is 396 g/mol. The van der Waals surface area contributed by atoms with Crippen LogP contribution in [-0.2, 0) is 13.0 Å². The molecule has 0 aliphatic rings. The summed E-state index contributed by atoms with van der Waals surface area (Å²) in [5.74, 6) is 1.88. The van der Waals surface area contributed by atoms with Gasteiger partial charge in [0.25, 0.3) is 0 Å². The molecule has 2 N–H and O–H groups in total. The minimum Gasteiger partial charge on any atom is -0.356 e. The molecule has 1 aromatic heterocycles. The van der Waals surface area contributed by atoms with E-state index in [9.17, 15) is 0 Å². The fourth-order valence-electron chi connectivity index (χ4n) is 3.72. The molecule has 0 aliphatic heterocycles. The zero-order valence-corrected chi connectivity index (χ0v) is 18.2. The maximum Gasteiger partial charge on any atom is 0.191 e. The van der Waals surface area contributed by atoms with Crippen LogP contribution in [0.5, 0.6) is 0 Å². The SMILES string of the molecule is CN=C(NCc1nncn1-c1ccccc1)NCC(Cc1ccccc1)c1ccccc1. The number of hydrogen-bond acceptors (Lipinski definition) is 3. The Hall–Kier alpha value is -3.93. The molecule has 3 aromatic carbocycles. The number of guanidine groups is 1. The van der Waals surface area contributed by atoms with Gasteiger partial charge in [0.2, 0.25) is 0 Å². The molecule has 162 valence electrons. The van der Waals surface area contributed by atoms with E-state index >= 15 is 0 Å². The van der Waals surface area contributed by atoms with Crippen molar-refractivity contribution in [3.05, 3.63) is 114 Å². The Balaban J connectivity index is 1.40. The number of hydrogen-bond donors (Lipinski definition) is 2. The van der Waals surface area contributed by atoms with E-state index in [-0.39, 0.29) is 0 Å². The highest BCUT2D eigenvalue weighted by molar-refractivity contribution is 5.79. The first-order valence-corrected chi connectivity index (χ1v) is 10.8. The second-order valence-electron chi connectivity index (χ2n) is 7.56. The first-order valence-electron chi connectivity index (χ1n) is 10.8. The molecule has 0 saturated heterocycles. The summed E-state index contributed by atoms with van der Waals surface area (Å²) in [7, 11) is 1.78. The van der Waals surface area contributed by atoms with Gasteiger partial charge in [0.15, 0.2) is 11.8 Å². The monoisotopic (exact) mass is 424 g/mol. The fourth-order valence-corrected chi connectivity index (χ4v) is 3.72. The highest BCUT2D eigenvalue weighted by atomic mass is 15.3. The van der Waals surface area contributed by atoms with Crippen LogP contribution in [0.25, 0.3) is 5.69 Å². The van der Waals surface area contributed by atoms with Gasteiger partial charge in [-0.3, -0.25) is 9.56 Å². The summed E-state index contributed by atoms with van der Waals surface area (Å²) < 4.78 is 1.97. The maximum atomic E-state index is 4.40. The third kappa shape index (κ3) is 5.60. The van der Waals surface area contributed by atoms with Crippen molar-refractivity contribution in [3.63, 3.8) is 0 Å². The van der Waals surface area contributed by atoms with Gasteiger partial charge in [-0.1, -0.05) is 78.9 Å². The van der Waals surface area contributed by atoms with Gasteiger partial charge in [-0.15, -0.1) is 10.2 Å². The molecule has 0 spiro atoms. The minimum atomic E-state index is 0.324. The van der Waals surface area contributed by atoms with Gasteiger partial charge in [-0.25, -0.2) is 0 Å². The van der Waals surface area contributed by atoms with Crippen LogP contribution in [0, 0.1) is 0 Å². The summed E-state index contributed by atoms with van der Waals surface area (Å²) in [6.07, 6.45) is 2.69. The lowest BCUT2D eigenvalue weighted by molar-refractivity contribution is 0.641. The van der Waals surface area contributed by atoms with E-state index in [0.717, 1.165) is 30.4 Å². The van der Waals surface area contributed by atoms with E-state index in [4.69, 9.17) is 0 Å². The number of aliphatic imine (C=N–C) groups is 1. The molecule has 0 aliphatic carbocycles. The smallest absolute Gasteiger partial charge is 0.191 e. The summed E-state index contributed by atoms with van der Waals surface area (Å²) in [5.41, 5.74) is 3.66. The fraction of sp³-hybridized carbons (Fsp3) is 0.192. The average molecular weight is 425 g/mol. The highest BCUT2D eigenvalue weighted by Gasteiger charge is 2.14. The predicted octanol–water partition coefficient (Wildman–Crippen LogP) is 3.96. The lowest BCUT2D eigenvalue weighted by Crippen LogP contribution is -2.39. The van der Waals surface area contributed by atoms with Crippen LogP contribution in [0.2, 0.25) is 0 Å². The average Bonchev–Trinajstić information content (AvgIpc) is 3.34. The largest absolute Gasteiger partial charge is 0.356 e. The predicted molar refractivity (Wildman–Crippen MR) is 129 cm³/mol. The molecule has 1 heterocycles. The van der Waals surface area contributed by atoms with Gasteiger partial charge in [-0.05, 0) is 29.7 Å². The first kappa shape index (κ1) is 21.3. The van der Waals surface area contributed by atoms with Crippen LogP contribution in [0.1, 0.15) is 22.9 Å². The number of para-hydroxylation sites is 1. The Labute approximate surface area is 189 Å². The molecule has 0 saturated carbocycles. The molecule has 6 heteroatoms. The minimum absolute atomic E-state index is 0.324. The quantitative estimate of drug-likeness (QED) is 0.332. The maximum absolute atomic E-state index is 4.40. The lowest BCUT2D eigenvalue weighted by Gasteiger charge is -2.20. The zero-order chi connectivity index (χ0) is 22.0. The van der Waals surface area contributed by atoms with Gasteiger partial charge in [0.1, 0.15) is 6.33 Å². The summed E-state index contributed by atoms with van der Waals surface area (Å²) >= 11 is 0. The van der Waals surface area contributed by atoms with Gasteiger partial charge < -0.3 is 10.6 Å². The number of nitrogens with zero attached hydrogens (tertiary/aromatic N) is 4. The second-order valence-corrected chi connectivity index (χ2v) is 7.56. The number of aromatic nitrogens is 3. The summed E-state index contributed by atoms with van der Waals surface area (Å²) in [5, 5.41) is 15.2. The van der Waals surface area contributed by atoms with Gasteiger partial charge in [0.05, 0.1) is 6.54 Å². The zero-order valence-electron chi connectivity index (χ0n) is 18.2. The van der Waals surface area contributed by atoms with Crippen LogP contribution >= 0.6 is 0 Å². The molecule has 0 fully saturated rings. The Morgan fingerprint density at radius 3 is 2.22 bits per heavy atom. The molecule has 1 atom stereocenters. The molecule has 32 heavy (non-hydrogen) atoms. The van der Waals surface area contributed by atoms with Crippen molar-refractivity contribution in [1.82, 2.24) is 25.4 Å². The Morgan fingerprint density at radius 1 is 0.875 bits per heavy atom. The molecule has 0 radical (unpaired) electrons. The van der Waals surface area contributed by atoms with Crippen molar-refractivity contribution in [2.24, 2.45) is 4.99 Å². The Bertz CT molecular complexity index is 1110. The van der Waals surface area contributed by atoms with Crippen molar-refractivity contribution >= 4 is 5.96 Å². The van der Waals surface area contributed by atoms with Gasteiger partial charge in [0, 0.05) is 25.2 Å². The van der Waals surface area contributed by atoms with Crippen molar-refractivity contribution < 1.29 is 0 Å². The third-order valence-corrected chi connectivity index (χ3v) is 5.40. The Kier molecular flexibility index (Phi) is 7.26. The van der Waals surface area contributed by atoms with E-state index in [2.05, 4.69) is 86.5 Å². The first-order chi connectivity index (χ1) is 15.8. The van der Waals surface area contributed by atoms with E-state index in [1.807, 2.05) is 34.9 Å². The van der Waals surface area contributed by atoms with Crippen LogP contribution in [0.4, 0.5) is 0 Å². The topological polar surface area (TPSA) is 67.1 Å². The summed E-state index contributed by atoms with van der Waals surface area (Å²) in [6.45, 7) is 1.28. The summed E-state index contributed by atoms with van der Waals surface area (Å²) in [6, 6.07) is 31.3. The molecule has 6 nitrogen and oxygen atoms in total. The summed E-state index contributed by atoms with van der Waals surface area (Å²) in [4.78, 5) is 4.40. The van der Waals surface area contributed by atoms with E-state index in [0.29, 0.717) is 12.5 Å². The second kappa shape index (κ2) is 10.9. The van der Waals surface area contributed by atoms with Gasteiger partial charge >= 0.3 is 0 Å². The van der Waals surface area contributed by atoms with E-state index < -0.39 is 0 Å². The number of benzene rings is 3. The molecule has 1 unspecified atom stereocenters. The highest BCUT2D eigenvalue weighted by Crippen LogP contribution is 2.20. The van der Waals surface area contributed by atoms with E-state index in [1.54, 1.807) is 13.4 Å². The Morgan fingerprint density at radius 2 is 1.53 bits per heavy atom. The standard InChI is InChI=1S/C26H28N6/c1-27-26(29-19-25-31-30-20-32(25)24-15-9-4-10-16-24)28-18-23(22-13-7-3-8-14-22)17-21-11-5-2-6-12-21/h2-16,20,23H,17-19H2,1H3,(H2,27,28,29). The van der Waals surface area contributed by atoms with Crippen LogP contribution in [-0.4, -0.2) is 34.3 Å². The number of rotatable bonds is 8. The van der Waals surface area contributed by atoms with Crippen molar-refractivity contribution in [1.29, 1.82) is 0 Å². The van der Waals surface area contributed by atoms with Crippen LogP contribution < -0.4 is 10.6 Å². The normalized spacial score (nSPS) is 12.3. The molecule has 0 bridgehead atoms. The van der Waals surface area contributed by atoms with Crippen LogP contribution in [0.3, 0.4) is 0 Å².